The van der Waals surface area contributed by atoms with Gasteiger partial charge in [0.15, 0.2) is 11.9 Å². The summed E-state index contributed by atoms with van der Waals surface area (Å²) in [5.74, 6) is -1.60. The summed E-state index contributed by atoms with van der Waals surface area (Å²) in [6, 6.07) is 8.96. The number of nitrogens with one attached hydrogen (secondary N) is 2. The highest BCUT2D eigenvalue weighted by Gasteiger charge is 2.56. The van der Waals surface area contributed by atoms with Crippen LogP contribution in [0.4, 0.5) is 8.78 Å². The van der Waals surface area contributed by atoms with Gasteiger partial charge in [0.05, 0.1) is 19.4 Å². The second-order valence-corrected chi connectivity index (χ2v) is 12.7. The van der Waals surface area contributed by atoms with Crippen molar-refractivity contribution in [1.82, 2.24) is 15.3 Å². The summed E-state index contributed by atoms with van der Waals surface area (Å²) in [4.78, 5) is 25.3. The number of amides is 1. The van der Waals surface area contributed by atoms with E-state index in [0.29, 0.717) is 5.56 Å². The lowest BCUT2D eigenvalue weighted by Gasteiger charge is -2.34. The standard InChI is InChI=1S/C28H33ClF2N3O8P/c1-16(2)40-26(37)17(3)33-43(38,42-20-8-5-18(6-9-20)21-10-7-19(29)13-22(21)30)39-14-23-25(36)28(4,31)27(41-23)34-12-11-24(35)32-15-34/h5-13,16-17,23,25,27,36H,14-15H2,1-4H3,(H,32,35)(H,33,38)/t17-,23+,25+,27+,28+,43?/m0/s1. The first-order valence-corrected chi connectivity index (χ1v) is 15.3. The zero-order valence-electron chi connectivity index (χ0n) is 23.8. The van der Waals surface area contributed by atoms with E-state index in [9.17, 15) is 23.7 Å². The Labute approximate surface area is 252 Å². The van der Waals surface area contributed by atoms with Crippen LogP contribution in [0.15, 0.2) is 54.7 Å². The molecule has 234 valence electrons. The molecule has 1 saturated heterocycles. The summed E-state index contributed by atoms with van der Waals surface area (Å²) in [5, 5.41) is 16.0. The normalized spacial score (nSPS) is 25.7. The summed E-state index contributed by atoms with van der Waals surface area (Å²) in [6.07, 6.45) is -2.24. The lowest BCUT2D eigenvalue weighted by Crippen LogP contribution is -2.52. The molecule has 2 aromatic carbocycles. The molecule has 0 aliphatic carbocycles. The molecule has 43 heavy (non-hydrogen) atoms. The average Bonchev–Trinajstić information content (AvgIpc) is 3.16. The summed E-state index contributed by atoms with van der Waals surface area (Å²) in [5.41, 5.74) is -1.55. The van der Waals surface area contributed by atoms with E-state index in [2.05, 4.69) is 10.4 Å². The van der Waals surface area contributed by atoms with Crippen LogP contribution in [-0.4, -0.2) is 71.4 Å². The van der Waals surface area contributed by atoms with Crippen molar-refractivity contribution in [2.24, 2.45) is 0 Å². The lowest BCUT2D eigenvalue weighted by atomic mass is 9.98. The number of carbonyl (C=O) groups excluding carboxylic acids is 2. The Morgan fingerprint density at radius 3 is 2.58 bits per heavy atom. The number of esters is 1. The fourth-order valence-corrected chi connectivity index (χ4v) is 6.13. The second-order valence-electron chi connectivity index (χ2n) is 10.5. The van der Waals surface area contributed by atoms with Crippen molar-refractivity contribution in [2.75, 3.05) is 13.3 Å². The number of aliphatic hydroxyl groups is 1. The minimum absolute atomic E-state index is 0.0358. The number of aliphatic hydroxyl groups excluding tert-OH is 1. The molecular weight excluding hydrogens is 611 g/mol. The maximum absolute atomic E-state index is 15.6. The van der Waals surface area contributed by atoms with E-state index in [-0.39, 0.29) is 28.9 Å². The minimum atomic E-state index is -4.42. The van der Waals surface area contributed by atoms with Gasteiger partial charge in [-0.3, -0.25) is 14.1 Å². The molecule has 2 aliphatic rings. The topological polar surface area (TPSA) is 136 Å². The average molecular weight is 644 g/mol. The van der Waals surface area contributed by atoms with E-state index in [1.807, 2.05) is 0 Å². The molecule has 1 fully saturated rings. The van der Waals surface area contributed by atoms with Crippen molar-refractivity contribution < 1.29 is 46.6 Å². The first-order chi connectivity index (χ1) is 20.2. The Morgan fingerprint density at radius 1 is 1.28 bits per heavy atom. The SMILES string of the molecule is CC(C)OC(=O)[C@H](C)NP(=O)(OC[C@H]1O[C@@H](N2C=CC(=O)NC2)[C@](C)(F)[C@@H]1O)Oc1ccc(-c2ccc(Cl)cc2F)cc1. The molecule has 2 aliphatic heterocycles. The third-order valence-electron chi connectivity index (χ3n) is 6.66. The summed E-state index contributed by atoms with van der Waals surface area (Å²) in [7, 11) is -4.42. The largest absolute Gasteiger partial charge is 0.462 e. The van der Waals surface area contributed by atoms with Crippen molar-refractivity contribution in [3.63, 3.8) is 0 Å². The van der Waals surface area contributed by atoms with Gasteiger partial charge in [0, 0.05) is 22.9 Å². The number of hydrogen-bond donors (Lipinski definition) is 3. The first-order valence-electron chi connectivity index (χ1n) is 13.4. The molecule has 1 amide bonds. The van der Waals surface area contributed by atoms with E-state index in [1.165, 1.54) is 66.6 Å². The van der Waals surface area contributed by atoms with Crippen LogP contribution in [-0.2, 0) is 28.2 Å². The van der Waals surface area contributed by atoms with Crippen molar-refractivity contribution in [1.29, 1.82) is 0 Å². The van der Waals surface area contributed by atoms with E-state index >= 15 is 4.39 Å². The number of nitrogens with zero attached hydrogens (tertiary/aromatic N) is 1. The molecule has 0 saturated carbocycles. The van der Waals surface area contributed by atoms with Crippen LogP contribution in [0, 0.1) is 5.82 Å². The zero-order valence-corrected chi connectivity index (χ0v) is 25.5. The first kappa shape index (κ1) is 32.8. The molecule has 4 rings (SSSR count). The van der Waals surface area contributed by atoms with Crippen molar-refractivity contribution in [2.45, 2.75) is 63.9 Å². The van der Waals surface area contributed by atoms with Gasteiger partial charge >= 0.3 is 13.7 Å². The van der Waals surface area contributed by atoms with E-state index in [4.69, 9.17) is 30.1 Å². The molecule has 6 atom stereocenters. The Kier molecular flexibility index (Phi) is 10.2. The Morgan fingerprint density at radius 2 is 1.98 bits per heavy atom. The van der Waals surface area contributed by atoms with Gasteiger partial charge in [0.1, 0.15) is 29.8 Å². The number of halogens is 3. The van der Waals surface area contributed by atoms with Crippen LogP contribution in [0.3, 0.4) is 0 Å². The van der Waals surface area contributed by atoms with Gasteiger partial charge in [0.25, 0.3) is 0 Å². The van der Waals surface area contributed by atoms with Gasteiger partial charge in [0.2, 0.25) is 5.91 Å². The van der Waals surface area contributed by atoms with Gasteiger partial charge in [-0.05, 0) is 63.6 Å². The molecular formula is C28H33ClF2N3O8P. The molecule has 15 heteroatoms. The highest BCUT2D eigenvalue weighted by atomic mass is 35.5. The van der Waals surface area contributed by atoms with Gasteiger partial charge in [-0.2, -0.15) is 5.09 Å². The smallest absolute Gasteiger partial charge is 0.459 e. The second kappa shape index (κ2) is 13.3. The minimum Gasteiger partial charge on any atom is -0.462 e. The number of hydrogen-bond acceptors (Lipinski definition) is 9. The molecule has 11 nitrogen and oxygen atoms in total. The van der Waals surface area contributed by atoms with Crippen molar-refractivity contribution in [3.05, 3.63) is 65.6 Å². The predicted molar refractivity (Wildman–Crippen MR) is 153 cm³/mol. The quantitative estimate of drug-likeness (QED) is 0.240. The summed E-state index contributed by atoms with van der Waals surface area (Å²) < 4.78 is 66.1. The van der Waals surface area contributed by atoms with Crippen molar-refractivity contribution >= 4 is 31.2 Å². The number of alkyl halides is 1. The van der Waals surface area contributed by atoms with E-state index < -0.39 is 62.4 Å². The Bertz CT molecular complexity index is 1410. The molecule has 2 heterocycles. The van der Waals surface area contributed by atoms with Crippen LogP contribution >= 0.6 is 19.3 Å². The van der Waals surface area contributed by atoms with Gasteiger partial charge in [-0.25, -0.2) is 13.3 Å². The van der Waals surface area contributed by atoms with Crippen LogP contribution in [0.2, 0.25) is 5.02 Å². The summed E-state index contributed by atoms with van der Waals surface area (Å²) in [6.45, 7) is 5.15. The number of rotatable bonds is 11. The maximum Gasteiger partial charge on any atom is 0.459 e. The van der Waals surface area contributed by atoms with Crippen LogP contribution in [0.25, 0.3) is 11.1 Å². The third-order valence-corrected chi connectivity index (χ3v) is 8.54. The molecule has 3 N–H and O–H groups in total. The van der Waals surface area contributed by atoms with Crippen LogP contribution in [0.5, 0.6) is 5.75 Å². The highest BCUT2D eigenvalue weighted by Crippen LogP contribution is 2.47. The number of ether oxygens (including phenoxy) is 2. The van der Waals surface area contributed by atoms with Crippen LogP contribution < -0.4 is 14.9 Å². The molecule has 2 aromatic rings. The number of benzene rings is 2. The van der Waals surface area contributed by atoms with E-state index in [1.54, 1.807) is 13.8 Å². The Balaban J connectivity index is 1.52. The van der Waals surface area contributed by atoms with Gasteiger partial charge in [-0.1, -0.05) is 23.7 Å². The lowest BCUT2D eigenvalue weighted by molar-refractivity contribution is -0.149. The molecule has 0 spiro atoms. The third kappa shape index (κ3) is 7.91. The van der Waals surface area contributed by atoms with E-state index in [0.717, 1.165) is 6.92 Å². The predicted octanol–water partition coefficient (Wildman–Crippen LogP) is 4.30. The van der Waals surface area contributed by atoms with Crippen molar-refractivity contribution in [3.8, 4) is 16.9 Å². The number of carbonyl (C=O) groups is 2. The fourth-order valence-electron chi connectivity index (χ4n) is 4.46. The zero-order chi connectivity index (χ0) is 31.5. The summed E-state index contributed by atoms with van der Waals surface area (Å²) >= 11 is 5.84. The molecule has 0 radical (unpaired) electrons. The van der Waals surface area contributed by atoms with Gasteiger partial charge < -0.3 is 29.3 Å². The van der Waals surface area contributed by atoms with Crippen LogP contribution in [0.1, 0.15) is 27.7 Å². The van der Waals surface area contributed by atoms with Gasteiger partial charge in [-0.15, -0.1) is 0 Å². The molecule has 0 bridgehead atoms. The fraction of sp³-hybridized carbons (Fsp3) is 0.429. The highest BCUT2D eigenvalue weighted by molar-refractivity contribution is 7.52. The monoisotopic (exact) mass is 643 g/mol. The Hall–Kier alpha value is -3.06. The molecule has 1 unspecified atom stereocenters. The maximum atomic E-state index is 15.6. The molecule has 0 aromatic heterocycles.